The Morgan fingerprint density at radius 2 is 2.06 bits per heavy atom. The highest BCUT2D eigenvalue weighted by molar-refractivity contribution is 4.91. The number of nitrogens with one attached hydrogen (secondary N) is 1. The van der Waals surface area contributed by atoms with E-state index in [1.807, 2.05) is 20.9 Å². The number of hydrogen-bond donors (Lipinski definition) is 1. The van der Waals surface area contributed by atoms with Gasteiger partial charge >= 0.3 is 0 Å². The molecule has 0 heterocycles. The van der Waals surface area contributed by atoms with Crippen LogP contribution in [0.2, 0.25) is 0 Å². The van der Waals surface area contributed by atoms with Gasteiger partial charge in [-0.15, -0.1) is 0 Å². The van der Waals surface area contributed by atoms with Crippen LogP contribution in [0.15, 0.2) is 0 Å². The molecule has 0 bridgehead atoms. The average molecular weight is 238 g/mol. The fraction of sp³-hybridized carbons (Fsp3) is 0.929. The van der Waals surface area contributed by atoms with Crippen LogP contribution in [0.1, 0.15) is 52.4 Å². The summed E-state index contributed by atoms with van der Waals surface area (Å²) in [5, 5.41) is 12.3. The summed E-state index contributed by atoms with van der Waals surface area (Å²) in [6.45, 7) is 4.77. The van der Waals surface area contributed by atoms with Crippen molar-refractivity contribution < 1.29 is 4.74 Å². The fourth-order valence-electron chi connectivity index (χ4n) is 2.43. The number of ether oxygens (including phenoxy) is 1. The van der Waals surface area contributed by atoms with Crippen molar-refractivity contribution in [1.29, 1.82) is 5.26 Å². The standard InChI is InChI=1S/C14H26N2O/c1-14(2,11-15)9-6-10-17-13-8-5-4-7-12(13)16-3/h12-13,16H,4-10H2,1-3H3. The normalized spacial score (nSPS) is 25.5. The minimum absolute atomic E-state index is 0.210. The smallest absolute Gasteiger partial charge is 0.0727 e. The maximum absolute atomic E-state index is 8.92. The van der Waals surface area contributed by atoms with Gasteiger partial charge in [0.1, 0.15) is 0 Å². The third-order valence-corrected chi connectivity index (χ3v) is 3.65. The van der Waals surface area contributed by atoms with E-state index in [0.717, 1.165) is 19.4 Å². The zero-order chi connectivity index (χ0) is 12.7. The van der Waals surface area contributed by atoms with E-state index in [4.69, 9.17) is 10.00 Å². The molecule has 0 radical (unpaired) electrons. The van der Waals surface area contributed by atoms with E-state index in [2.05, 4.69) is 11.4 Å². The molecule has 0 aromatic heterocycles. The number of likely N-dealkylation sites (N-methyl/N-ethyl adjacent to an activating group) is 1. The van der Waals surface area contributed by atoms with Gasteiger partial charge in [-0.05, 0) is 46.6 Å². The molecular formula is C14H26N2O. The van der Waals surface area contributed by atoms with Crippen molar-refractivity contribution >= 4 is 0 Å². The first-order chi connectivity index (χ1) is 8.09. The molecule has 0 spiro atoms. The number of nitriles is 1. The van der Waals surface area contributed by atoms with E-state index < -0.39 is 0 Å². The van der Waals surface area contributed by atoms with Crippen LogP contribution in [-0.2, 0) is 4.74 Å². The van der Waals surface area contributed by atoms with Crippen molar-refractivity contribution in [3.63, 3.8) is 0 Å². The van der Waals surface area contributed by atoms with Gasteiger partial charge in [-0.25, -0.2) is 0 Å². The molecule has 0 saturated heterocycles. The minimum Gasteiger partial charge on any atom is -0.377 e. The van der Waals surface area contributed by atoms with Crippen LogP contribution in [0.4, 0.5) is 0 Å². The Kier molecular flexibility index (Phi) is 5.94. The lowest BCUT2D eigenvalue weighted by molar-refractivity contribution is 0.00368. The van der Waals surface area contributed by atoms with E-state index in [1.165, 1.54) is 25.7 Å². The lowest BCUT2D eigenvalue weighted by Gasteiger charge is -2.31. The summed E-state index contributed by atoms with van der Waals surface area (Å²) >= 11 is 0. The summed E-state index contributed by atoms with van der Waals surface area (Å²) in [4.78, 5) is 0. The van der Waals surface area contributed by atoms with E-state index in [-0.39, 0.29) is 5.41 Å². The summed E-state index contributed by atoms with van der Waals surface area (Å²) in [6.07, 6.45) is 7.27. The first-order valence-corrected chi connectivity index (χ1v) is 6.79. The van der Waals surface area contributed by atoms with Crippen LogP contribution in [0.3, 0.4) is 0 Å². The first-order valence-electron chi connectivity index (χ1n) is 6.79. The highest BCUT2D eigenvalue weighted by atomic mass is 16.5. The zero-order valence-corrected chi connectivity index (χ0v) is 11.5. The topological polar surface area (TPSA) is 45.0 Å². The molecule has 3 heteroatoms. The molecule has 0 aliphatic heterocycles. The van der Waals surface area contributed by atoms with E-state index in [0.29, 0.717) is 12.1 Å². The quantitative estimate of drug-likeness (QED) is 0.724. The Bertz CT molecular complexity index is 257. The third kappa shape index (κ3) is 5.06. The molecule has 1 saturated carbocycles. The molecule has 0 amide bonds. The van der Waals surface area contributed by atoms with Gasteiger partial charge in [-0.2, -0.15) is 5.26 Å². The number of nitrogens with zero attached hydrogens (tertiary/aromatic N) is 1. The monoisotopic (exact) mass is 238 g/mol. The van der Waals surface area contributed by atoms with Gasteiger partial charge < -0.3 is 10.1 Å². The summed E-state index contributed by atoms with van der Waals surface area (Å²) in [6, 6.07) is 2.85. The first kappa shape index (κ1) is 14.5. The summed E-state index contributed by atoms with van der Waals surface area (Å²) in [5.74, 6) is 0. The van der Waals surface area contributed by atoms with Crippen molar-refractivity contribution in [2.24, 2.45) is 5.41 Å². The van der Waals surface area contributed by atoms with Gasteiger partial charge in [0.05, 0.1) is 17.6 Å². The van der Waals surface area contributed by atoms with Gasteiger partial charge in [0, 0.05) is 12.6 Å². The van der Waals surface area contributed by atoms with Crippen molar-refractivity contribution in [2.75, 3.05) is 13.7 Å². The van der Waals surface area contributed by atoms with Crippen LogP contribution >= 0.6 is 0 Å². The third-order valence-electron chi connectivity index (χ3n) is 3.65. The predicted molar refractivity (Wildman–Crippen MR) is 69.7 cm³/mol. The summed E-state index contributed by atoms with van der Waals surface area (Å²) < 4.78 is 5.95. The van der Waals surface area contributed by atoms with Gasteiger partial charge in [-0.1, -0.05) is 12.8 Å². The Hall–Kier alpha value is -0.590. The van der Waals surface area contributed by atoms with Crippen LogP contribution in [0, 0.1) is 16.7 Å². The van der Waals surface area contributed by atoms with Crippen molar-refractivity contribution in [3.05, 3.63) is 0 Å². The lowest BCUT2D eigenvalue weighted by Crippen LogP contribution is -2.41. The van der Waals surface area contributed by atoms with Gasteiger partial charge in [-0.3, -0.25) is 0 Å². The second-order valence-corrected chi connectivity index (χ2v) is 5.69. The van der Waals surface area contributed by atoms with Crippen LogP contribution < -0.4 is 5.32 Å². The maximum atomic E-state index is 8.92. The van der Waals surface area contributed by atoms with Crippen LogP contribution in [0.5, 0.6) is 0 Å². The highest BCUT2D eigenvalue weighted by Gasteiger charge is 2.24. The molecule has 2 unspecified atom stereocenters. The molecule has 0 aromatic carbocycles. The average Bonchev–Trinajstić information content (AvgIpc) is 2.35. The van der Waals surface area contributed by atoms with Crippen LogP contribution in [0.25, 0.3) is 0 Å². The minimum atomic E-state index is -0.210. The molecule has 1 N–H and O–H groups in total. The Labute approximate surface area is 106 Å². The molecule has 1 rings (SSSR count). The SMILES string of the molecule is CNC1CCCCC1OCCCC(C)(C)C#N. The molecule has 2 atom stereocenters. The van der Waals surface area contributed by atoms with Crippen LogP contribution in [-0.4, -0.2) is 25.8 Å². The Morgan fingerprint density at radius 1 is 1.35 bits per heavy atom. The Morgan fingerprint density at radius 3 is 2.71 bits per heavy atom. The zero-order valence-electron chi connectivity index (χ0n) is 11.5. The summed E-state index contributed by atoms with van der Waals surface area (Å²) in [7, 11) is 2.02. The maximum Gasteiger partial charge on any atom is 0.0727 e. The highest BCUT2D eigenvalue weighted by Crippen LogP contribution is 2.23. The molecule has 1 aliphatic rings. The van der Waals surface area contributed by atoms with E-state index >= 15 is 0 Å². The lowest BCUT2D eigenvalue weighted by atomic mass is 9.90. The number of hydrogen-bond acceptors (Lipinski definition) is 3. The molecule has 0 aromatic rings. The Balaban J connectivity index is 2.19. The molecule has 98 valence electrons. The molecule has 17 heavy (non-hydrogen) atoms. The summed E-state index contributed by atoms with van der Waals surface area (Å²) in [5.41, 5.74) is -0.210. The molecule has 1 aliphatic carbocycles. The molecule has 3 nitrogen and oxygen atoms in total. The van der Waals surface area contributed by atoms with Gasteiger partial charge in [0.2, 0.25) is 0 Å². The van der Waals surface area contributed by atoms with Crippen molar-refractivity contribution in [1.82, 2.24) is 5.32 Å². The molecule has 1 fully saturated rings. The fourth-order valence-corrected chi connectivity index (χ4v) is 2.43. The van der Waals surface area contributed by atoms with Gasteiger partial charge in [0.25, 0.3) is 0 Å². The van der Waals surface area contributed by atoms with Crippen molar-refractivity contribution in [2.45, 2.75) is 64.5 Å². The largest absolute Gasteiger partial charge is 0.377 e. The molecular weight excluding hydrogens is 212 g/mol. The predicted octanol–water partition coefficient (Wildman–Crippen LogP) is 2.86. The van der Waals surface area contributed by atoms with Gasteiger partial charge in [0.15, 0.2) is 0 Å². The van der Waals surface area contributed by atoms with E-state index in [9.17, 15) is 0 Å². The second kappa shape index (κ2) is 6.98. The van der Waals surface area contributed by atoms with E-state index in [1.54, 1.807) is 0 Å². The number of rotatable bonds is 6. The second-order valence-electron chi connectivity index (χ2n) is 5.69. The van der Waals surface area contributed by atoms with Crippen molar-refractivity contribution in [3.8, 4) is 6.07 Å².